The molecule has 0 amide bonds. The molecule has 0 aliphatic rings. The lowest BCUT2D eigenvalue weighted by molar-refractivity contribution is 0.512. The smallest absolute Gasteiger partial charge is 0.0409 e. The molecule has 72 valence electrons. The van der Waals surface area contributed by atoms with Crippen molar-refractivity contribution in [3.8, 4) is 0 Å². The Morgan fingerprint density at radius 3 is 2.46 bits per heavy atom. The first kappa shape index (κ1) is 10.6. The molecule has 0 saturated carbocycles. The Balaban J connectivity index is 3.05. The normalized spacial score (nSPS) is 13.4. The Bertz CT molecular complexity index is 294. The quantitative estimate of drug-likeness (QED) is 0.774. The summed E-state index contributed by atoms with van der Waals surface area (Å²) >= 11 is 5.91. The summed E-state index contributed by atoms with van der Waals surface area (Å²) in [6.07, 6.45) is 0. The van der Waals surface area contributed by atoms with E-state index < -0.39 is 0 Å². The Morgan fingerprint density at radius 1 is 1.31 bits per heavy atom. The summed E-state index contributed by atoms with van der Waals surface area (Å²) in [5, 5.41) is 0.761. The van der Waals surface area contributed by atoms with Crippen molar-refractivity contribution in [1.82, 2.24) is 0 Å². The van der Waals surface area contributed by atoms with Crippen LogP contribution in [-0.4, -0.2) is 0 Å². The van der Waals surface area contributed by atoms with Crippen LogP contribution in [0.4, 0.5) is 0 Å². The largest absolute Gasteiger partial charge is 0.324 e. The molecular weight excluding hydrogens is 182 g/mol. The molecule has 2 heteroatoms. The van der Waals surface area contributed by atoms with Crippen molar-refractivity contribution in [2.24, 2.45) is 11.7 Å². The highest BCUT2D eigenvalue weighted by Gasteiger charge is 2.12. The van der Waals surface area contributed by atoms with Crippen molar-refractivity contribution < 1.29 is 0 Å². The Labute approximate surface area is 84.9 Å². The van der Waals surface area contributed by atoms with Crippen LogP contribution in [0.2, 0.25) is 5.02 Å². The van der Waals surface area contributed by atoms with Crippen LogP contribution in [0.3, 0.4) is 0 Å². The second-order valence-corrected chi connectivity index (χ2v) is 4.21. The van der Waals surface area contributed by atoms with E-state index >= 15 is 0 Å². The third-order valence-electron chi connectivity index (χ3n) is 2.32. The third kappa shape index (κ3) is 2.45. The van der Waals surface area contributed by atoms with Crippen LogP contribution in [0.5, 0.6) is 0 Å². The fraction of sp³-hybridized carbons (Fsp3) is 0.455. The molecule has 1 aromatic carbocycles. The van der Waals surface area contributed by atoms with E-state index in [1.165, 1.54) is 5.56 Å². The van der Waals surface area contributed by atoms with Gasteiger partial charge in [0.1, 0.15) is 0 Å². The van der Waals surface area contributed by atoms with E-state index in [1.807, 2.05) is 18.2 Å². The van der Waals surface area contributed by atoms with Gasteiger partial charge in [0.15, 0.2) is 0 Å². The van der Waals surface area contributed by atoms with Crippen molar-refractivity contribution >= 4 is 11.6 Å². The molecule has 0 fully saturated rings. The van der Waals surface area contributed by atoms with E-state index in [9.17, 15) is 0 Å². The van der Waals surface area contributed by atoms with Crippen molar-refractivity contribution in [3.05, 3.63) is 34.3 Å². The number of rotatable bonds is 2. The second-order valence-electron chi connectivity index (χ2n) is 3.77. The van der Waals surface area contributed by atoms with E-state index in [1.54, 1.807) is 0 Å². The SMILES string of the molecule is Cc1ccc(Cl)cc1C(N)C(C)C. The molecule has 0 aliphatic carbocycles. The molecule has 0 radical (unpaired) electrons. The predicted molar refractivity (Wildman–Crippen MR) is 58.0 cm³/mol. The third-order valence-corrected chi connectivity index (χ3v) is 2.55. The van der Waals surface area contributed by atoms with E-state index in [4.69, 9.17) is 17.3 Å². The molecule has 0 saturated heterocycles. The van der Waals surface area contributed by atoms with Gasteiger partial charge in [0.05, 0.1) is 0 Å². The van der Waals surface area contributed by atoms with Crippen LogP contribution in [0.15, 0.2) is 18.2 Å². The molecule has 0 aromatic heterocycles. The summed E-state index contributed by atoms with van der Waals surface area (Å²) in [6.45, 7) is 6.30. The van der Waals surface area contributed by atoms with Gasteiger partial charge in [0, 0.05) is 11.1 Å². The van der Waals surface area contributed by atoms with Crippen molar-refractivity contribution in [2.45, 2.75) is 26.8 Å². The first-order valence-corrected chi connectivity index (χ1v) is 4.92. The monoisotopic (exact) mass is 197 g/mol. The van der Waals surface area contributed by atoms with Gasteiger partial charge in [-0.1, -0.05) is 31.5 Å². The lowest BCUT2D eigenvalue weighted by atomic mass is 9.94. The predicted octanol–water partition coefficient (Wildman–Crippen LogP) is 3.30. The molecule has 0 spiro atoms. The molecular formula is C11H16ClN. The van der Waals surface area contributed by atoms with Crippen molar-refractivity contribution in [3.63, 3.8) is 0 Å². The zero-order valence-corrected chi connectivity index (χ0v) is 9.10. The van der Waals surface area contributed by atoms with Gasteiger partial charge < -0.3 is 5.73 Å². The van der Waals surface area contributed by atoms with Crippen LogP contribution in [0, 0.1) is 12.8 Å². The maximum absolute atomic E-state index is 6.05. The minimum atomic E-state index is 0.0821. The van der Waals surface area contributed by atoms with Gasteiger partial charge in [-0.3, -0.25) is 0 Å². The van der Waals surface area contributed by atoms with Gasteiger partial charge in [-0.05, 0) is 36.1 Å². The van der Waals surface area contributed by atoms with Gasteiger partial charge in [0.2, 0.25) is 0 Å². The van der Waals surface area contributed by atoms with Crippen molar-refractivity contribution in [1.29, 1.82) is 0 Å². The fourth-order valence-corrected chi connectivity index (χ4v) is 1.51. The number of halogens is 1. The number of hydrogen-bond acceptors (Lipinski definition) is 1. The summed E-state index contributed by atoms with van der Waals surface area (Å²) in [7, 11) is 0. The summed E-state index contributed by atoms with van der Waals surface area (Å²) in [5.74, 6) is 0.442. The first-order chi connectivity index (χ1) is 6.02. The van der Waals surface area contributed by atoms with E-state index in [2.05, 4.69) is 20.8 Å². The number of nitrogens with two attached hydrogens (primary N) is 1. The molecule has 0 bridgehead atoms. The Kier molecular flexibility index (Phi) is 3.34. The van der Waals surface area contributed by atoms with Crippen LogP contribution < -0.4 is 5.73 Å². The lowest BCUT2D eigenvalue weighted by Gasteiger charge is -2.18. The highest BCUT2D eigenvalue weighted by atomic mass is 35.5. The average Bonchev–Trinajstić information content (AvgIpc) is 2.08. The van der Waals surface area contributed by atoms with Crippen LogP contribution >= 0.6 is 11.6 Å². The molecule has 1 atom stereocenters. The highest BCUT2D eigenvalue weighted by molar-refractivity contribution is 6.30. The van der Waals surface area contributed by atoms with Crippen LogP contribution in [-0.2, 0) is 0 Å². The first-order valence-electron chi connectivity index (χ1n) is 4.54. The van der Waals surface area contributed by atoms with Gasteiger partial charge in [-0.25, -0.2) is 0 Å². The molecule has 13 heavy (non-hydrogen) atoms. The molecule has 0 heterocycles. The van der Waals surface area contributed by atoms with Gasteiger partial charge >= 0.3 is 0 Å². The summed E-state index contributed by atoms with van der Waals surface area (Å²) in [6, 6.07) is 5.95. The van der Waals surface area contributed by atoms with E-state index in [-0.39, 0.29) is 6.04 Å². The van der Waals surface area contributed by atoms with E-state index in [0.29, 0.717) is 5.92 Å². The van der Waals surface area contributed by atoms with Crippen LogP contribution in [0.25, 0.3) is 0 Å². The standard InChI is InChI=1S/C11H16ClN/c1-7(2)11(13)10-6-9(12)5-4-8(10)3/h4-7,11H,13H2,1-3H3. The zero-order valence-electron chi connectivity index (χ0n) is 8.34. The maximum Gasteiger partial charge on any atom is 0.0409 e. The zero-order chi connectivity index (χ0) is 10.0. The molecule has 1 unspecified atom stereocenters. The minimum absolute atomic E-state index is 0.0821. The summed E-state index contributed by atoms with van der Waals surface area (Å²) < 4.78 is 0. The fourth-order valence-electron chi connectivity index (χ4n) is 1.33. The maximum atomic E-state index is 6.05. The average molecular weight is 198 g/mol. The van der Waals surface area contributed by atoms with Crippen LogP contribution in [0.1, 0.15) is 31.0 Å². The molecule has 2 N–H and O–H groups in total. The van der Waals surface area contributed by atoms with Gasteiger partial charge in [0.25, 0.3) is 0 Å². The molecule has 1 nitrogen and oxygen atoms in total. The highest BCUT2D eigenvalue weighted by Crippen LogP contribution is 2.24. The molecule has 1 rings (SSSR count). The molecule has 1 aromatic rings. The topological polar surface area (TPSA) is 26.0 Å². The lowest BCUT2D eigenvalue weighted by Crippen LogP contribution is -2.17. The Hall–Kier alpha value is -0.530. The Morgan fingerprint density at radius 2 is 1.92 bits per heavy atom. The second kappa shape index (κ2) is 4.12. The minimum Gasteiger partial charge on any atom is -0.324 e. The van der Waals surface area contributed by atoms with Gasteiger partial charge in [-0.15, -0.1) is 0 Å². The van der Waals surface area contributed by atoms with E-state index in [0.717, 1.165) is 10.6 Å². The summed E-state index contributed by atoms with van der Waals surface area (Å²) in [4.78, 5) is 0. The van der Waals surface area contributed by atoms with Crippen molar-refractivity contribution in [2.75, 3.05) is 0 Å². The number of hydrogen-bond donors (Lipinski definition) is 1. The summed E-state index contributed by atoms with van der Waals surface area (Å²) in [5.41, 5.74) is 8.42. The molecule has 0 aliphatic heterocycles. The number of benzene rings is 1. The van der Waals surface area contributed by atoms with Gasteiger partial charge in [-0.2, -0.15) is 0 Å². The number of aryl methyl sites for hydroxylation is 1.